The first-order chi connectivity index (χ1) is 8.98. The van der Waals surface area contributed by atoms with E-state index in [0.717, 1.165) is 25.7 Å². The van der Waals surface area contributed by atoms with Crippen LogP contribution in [0.2, 0.25) is 0 Å². The van der Waals surface area contributed by atoms with Gasteiger partial charge in [-0.1, -0.05) is 32.6 Å². The summed E-state index contributed by atoms with van der Waals surface area (Å²) in [4.78, 5) is 22.9. The van der Waals surface area contributed by atoms with Crippen molar-refractivity contribution in [3.8, 4) is 0 Å². The molecule has 0 saturated heterocycles. The van der Waals surface area contributed by atoms with Crippen LogP contribution in [-0.4, -0.2) is 29.7 Å². The number of aliphatic carboxylic acids is 1. The van der Waals surface area contributed by atoms with E-state index in [9.17, 15) is 9.59 Å². The Bertz CT molecular complexity index is 312. The number of hydrogen-bond donors (Lipinski definition) is 3. The lowest BCUT2D eigenvalue weighted by Crippen LogP contribution is -2.47. The minimum absolute atomic E-state index is 0.164. The number of amides is 2. The first-order valence-electron chi connectivity index (χ1n) is 7.25. The highest BCUT2D eigenvalue weighted by atomic mass is 16.4. The van der Waals surface area contributed by atoms with Crippen molar-refractivity contribution in [1.82, 2.24) is 10.6 Å². The van der Waals surface area contributed by atoms with Crippen molar-refractivity contribution in [2.75, 3.05) is 6.54 Å². The highest BCUT2D eigenvalue weighted by Crippen LogP contribution is 2.20. The second kappa shape index (κ2) is 7.36. The van der Waals surface area contributed by atoms with Gasteiger partial charge in [0.2, 0.25) is 0 Å². The second-order valence-electron chi connectivity index (χ2n) is 5.73. The predicted molar refractivity (Wildman–Crippen MR) is 74.1 cm³/mol. The predicted octanol–water partition coefficient (Wildman–Crippen LogP) is 2.51. The third-order valence-corrected chi connectivity index (χ3v) is 4.13. The Kier molecular flexibility index (Phi) is 6.12. The van der Waals surface area contributed by atoms with Gasteiger partial charge in [-0.25, -0.2) is 4.79 Å². The summed E-state index contributed by atoms with van der Waals surface area (Å²) in [5, 5.41) is 14.8. The summed E-state index contributed by atoms with van der Waals surface area (Å²) < 4.78 is 0. The number of hydrogen-bond acceptors (Lipinski definition) is 2. The Morgan fingerprint density at radius 2 is 1.79 bits per heavy atom. The maximum absolute atomic E-state index is 11.8. The quantitative estimate of drug-likeness (QED) is 0.672. The molecule has 5 nitrogen and oxygen atoms in total. The normalized spacial score (nSPS) is 20.1. The molecule has 0 spiro atoms. The van der Waals surface area contributed by atoms with E-state index in [1.54, 1.807) is 6.92 Å². The van der Waals surface area contributed by atoms with Crippen LogP contribution in [0.1, 0.15) is 58.8 Å². The summed E-state index contributed by atoms with van der Waals surface area (Å²) in [5.74, 6) is -0.871. The van der Waals surface area contributed by atoms with Gasteiger partial charge in [0.15, 0.2) is 0 Å². The van der Waals surface area contributed by atoms with Gasteiger partial charge in [-0.3, -0.25) is 4.79 Å². The van der Waals surface area contributed by atoms with E-state index in [0.29, 0.717) is 6.42 Å². The topological polar surface area (TPSA) is 78.4 Å². The van der Waals surface area contributed by atoms with Gasteiger partial charge in [-0.15, -0.1) is 0 Å². The summed E-state index contributed by atoms with van der Waals surface area (Å²) in [6.07, 6.45) is 7.35. The van der Waals surface area contributed by atoms with Gasteiger partial charge in [0.05, 0.1) is 5.41 Å². The Hall–Kier alpha value is -1.26. The van der Waals surface area contributed by atoms with Crippen LogP contribution in [0.15, 0.2) is 0 Å². The molecular formula is C14H26N2O3. The Balaban J connectivity index is 2.36. The lowest BCUT2D eigenvalue weighted by Gasteiger charge is -2.24. The molecule has 0 aromatic rings. The van der Waals surface area contributed by atoms with E-state index in [1.807, 2.05) is 6.92 Å². The van der Waals surface area contributed by atoms with Gasteiger partial charge in [0.1, 0.15) is 0 Å². The summed E-state index contributed by atoms with van der Waals surface area (Å²) in [6, 6.07) is -0.00645. The van der Waals surface area contributed by atoms with E-state index in [4.69, 9.17) is 5.11 Å². The molecule has 5 heteroatoms. The number of carboxylic acid groups (broad SMARTS) is 1. The van der Waals surface area contributed by atoms with Gasteiger partial charge in [0, 0.05) is 12.6 Å². The maximum atomic E-state index is 11.8. The van der Waals surface area contributed by atoms with Gasteiger partial charge in [-0.2, -0.15) is 0 Å². The number of nitrogens with one attached hydrogen (secondary N) is 2. The van der Waals surface area contributed by atoms with Gasteiger partial charge in [-0.05, 0) is 26.2 Å². The van der Waals surface area contributed by atoms with Crippen LogP contribution in [-0.2, 0) is 4.79 Å². The molecule has 1 unspecified atom stereocenters. The zero-order chi connectivity index (χ0) is 14.3. The van der Waals surface area contributed by atoms with Gasteiger partial charge >= 0.3 is 12.0 Å². The van der Waals surface area contributed by atoms with Gasteiger partial charge in [0.25, 0.3) is 0 Å². The standard InChI is InChI=1S/C14H26N2O3/c1-3-14(2,12(17)18)10-15-13(19)16-11-8-6-4-5-7-9-11/h11H,3-10H2,1-2H3,(H,17,18)(H2,15,16,19). The van der Waals surface area contributed by atoms with Crippen LogP contribution in [0.3, 0.4) is 0 Å². The summed E-state index contributed by atoms with van der Waals surface area (Å²) in [5.41, 5.74) is -0.888. The fourth-order valence-corrected chi connectivity index (χ4v) is 2.29. The highest BCUT2D eigenvalue weighted by molar-refractivity contribution is 5.77. The summed E-state index contributed by atoms with van der Waals surface area (Å²) in [7, 11) is 0. The monoisotopic (exact) mass is 270 g/mol. The van der Waals surface area contributed by atoms with E-state index in [-0.39, 0.29) is 18.6 Å². The molecule has 0 bridgehead atoms. The van der Waals surface area contributed by atoms with E-state index in [2.05, 4.69) is 10.6 Å². The average Bonchev–Trinajstić information content (AvgIpc) is 2.64. The molecule has 1 saturated carbocycles. The number of carbonyl (C=O) groups is 2. The second-order valence-corrected chi connectivity index (χ2v) is 5.73. The minimum Gasteiger partial charge on any atom is -0.481 e. The zero-order valence-corrected chi connectivity index (χ0v) is 12.0. The molecule has 0 aromatic heterocycles. The Morgan fingerprint density at radius 3 is 2.26 bits per heavy atom. The van der Waals surface area contributed by atoms with E-state index >= 15 is 0 Å². The molecule has 1 fully saturated rings. The van der Waals surface area contributed by atoms with Crippen LogP contribution >= 0.6 is 0 Å². The van der Waals surface area contributed by atoms with Crippen LogP contribution in [0.25, 0.3) is 0 Å². The largest absolute Gasteiger partial charge is 0.481 e. The van der Waals surface area contributed by atoms with Crippen molar-refractivity contribution in [1.29, 1.82) is 0 Å². The smallest absolute Gasteiger partial charge is 0.315 e. The van der Waals surface area contributed by atoms with Crippen molar-refractivity contribution >= 4 is 12.0 Å². The van der Waals surface area contributed by atoms with Crippen molar-refractivity contribution in [2.24, 2.45) is 5.41 Å². The van der Waals surface area contributed by atoms with Crippen molar-refractivity contribution in [3.63, 3.8) is 0 Å². The van der Waals surface area contributed by atoms with Crippen LogP contribution < -0.4 is 10.6 Å². The fourth-order valence-electron chi connectivity index (χ4n) is 2.29. The fraction of sp³-hybridized carbons (Fsp3) is 0.857. The average molecular weight is 270 g/mol. The molecule has 19 heavy (non-hydrogen) atoms. The first kappa shape index (κ1) is 15.8. The van der Waals surface area contributed by atoms with Crippen molar-refractivity contribution < 1.29 is 14.7 Å². The minimum atomic E-state index is -0.888. The van der Waals surface area contributed by atoms with E-state index < -0.39 is 11.4 Å². The molecule has 0 aliphatic heterocycles. The number of carbonyl (C=O) groups excluding carboxylic acids is 1. The number of rotatable bonds is 5. The molecule has 0 radical (unpaired) electrons. The van der Waals surface area contributed by atoms with Crippen molar-refractivity contribution in [3.05, 3.63) is 0 Å². The third kappa shape index (κ3) is 5.09. The molecule has 1 atom stereocenters. The zero-order valence-electron chi connectivity index (χ0n) is 12.0. The molecule has 110 valence electrons. The summed E-state index contributed by atoms with van der Waals surface area (Å²) in [6.45, 7) is 3.64. The van der Waals surface area contributed by atoms with Gasteiger partial charge < -0.3 is 15.7 Å². The summed E-state index contributed by atoms with van der Waals surface area (Å²) >= 11 is 0. The SMILES string of the molecule is CCC(C)(CNC(=O)NC1CCCCCC1)C(=O)O. The maximum Gasteiger partial charge on any atom is 0.315 e. The molecule has 3 N–H and O–H groups in total. The number of urea groups is 1. The molecule has 1 aliphatic carbocycles. The van der Waals surface area contributed by atoms with Crippen LogP contribution in [0.5, 0.6) is 0 Å². The lowest BCUT2D eigenvalue weighted by molar-refractivity contribution is -0.147. The van der Waals surface area contributed by atoms with E-state index in [1.165, 1.54) is 12.8 Å². The molecule has 1 rings (SSSR count). The van der Waals surface area contributed by atoms with Crippen LogP contribution in [0, 0.1) is 5.41 Å². The number of carboxylic acids is 1. The Labute approximate surface area is 115 Å². The first-order valence-corrected chi connectivity index (χ1v) is 7.25. The molecular weight excluding hydrogens is 244 g/mol. The Morgan fingerprint density at radius 1 is 1.21 bits per heavy atom. The lowest BCUT2D eigenvalue weighted by atomic mass is 9.88. The van der Waals surface area contributed by atoms with Crippen LogP contribution in [0.4, 0.5) is 4.79 Å². The molecule has 0 aromatic carbocycles. The van der Waals surface area contributed by atoms with Crippen molar-refractivity contribution in [2.45, 2.75) is 64.8 Å². The molecule has 1 aliphatic rings. The molecule has 2 amide bonds. The third-order valence-electron chi connectivity index (χ3n) is 4.13. The molecule has 0 heterocycles. The highest BCUT2D eigenvalue weighted by Gasteiger charge is 2.31.